The molecule has 0 N–H and O–H groups in total. The van der Waals surface area contributed by atoms with E-state index in [1.165, 1.54) is 0 Å². The summed E-state index contributed by atoms with van der Waals surface area (Å²) in [4.78, 5) is 0. The van der Waals surface area contributed by atoms with Crippen LogP contribution in [0.5, 0.6) is 0 Å². The molecule has 0 saturated heterocycles. The van der Waals surface area contributed by atoms with Crippen LogP contribution in [0.15, 0.2) is 135 Å². The van der Waals surface area contributed by atoms with Crippen molar-refractivity contribution in [3.8, 4) is 45.3 Å². The third kappa shape index (κ3) is 3.21. The lowest BCUT2D eigenvalue weighted by atomic mass is 9.96. The first-order chi connectivity index (χ1) is 17.4. The molecule has 3 heterocycles. The van der Waals surface area contributed by atoms with Crippen LogP contribution in [0, 0.1) is 0 Å². The van der Waals surface area contributed by atoms with Gasteiger partial charge in [-0.15, -0.1) is 0 Å². The molecule has 0 aliphatic rings. The van der Waals surface area contributed by atoms with Gasteiger partial charge >= 0.3 is 0 Å². The summed E-state index contributed by atoms with van der Waals surface area (Å²) in [5, 5.41) is 4.50. The summed E-state index contributed by atoms with van der Waals surface area (Å²) in [7, 11) is 0. The molecular formula is C32H20O3. The smallest absolute Gasteiger partial charge is 0.135 e. The third-order valence-corrected chi connectivity index (χ3v) is 6.52. The van der Waals surface area contributed by atoms with E-state index < -0.39 is 0 Å². The van der Waals surface area contributed by atoms with Gasteiger partial charge in [-0.05, 0) is 47.2 Å². The molecular weight excluding hydrogens is 432 g/mol. The van der Waals surface area contributed by atoms with Gasteiger partial charge in [-0.2, -0.15) is 0 Å². The van der Waals surface area contributed by atoms with Gasteiger partial charge in [0.1, 0.15) is 23.0 Å². The van der Waals surface area contributed by atoms with Crippen LogP contribution in [-0.4, -0.2) is 0 Å². The first kappa shape index (κ1) is 19.7. The molecule has 0 aliphatic carbocycles. The van der Waals surface area contributed by atoms with E-state index in [0.717, 1.165) is 66.8 Å². The zero-order valence-corrected chi connectivity index (χ0v) is 18.8. The summed E-state index contributed by atoms with van der Waals surface area (Å²) in [5.74, 6) is 3.31. The van der Waals surface area contributed by atoms with Gasteiger partial charge in [0.05, 0.1) is 12.5 Å². The normalized spacial score (nSPS) is 11.4. The molecule has 0 saturated carbocycles. The lowest BCUT2D eigenvalue weighted by Crippen LogP contribution is -1.85. The standard InChI is InChI=1S/C32H20O3/c1-7-21-9-3-13-25(31(21)23(11-1)27-15-5-19-33-27)29-17-18-30(35-29)26-14-4-10-22-8-2-12-24(32(22)26)28-16-6-20-34-28/h1-20H. The third-order valence-electron chi connectivity index (χ3n) is 6.52. The maximum absolute atomic E-state index is 6.56. The predicted octanol–water partition coefficient (Wildman–Crippen LogP) is 9.44. The lowest BCUT2D eigenvalue weighted by molar-refractivity contribution is 0.582. The summed E-state index contributed by atoms with van der Waals surface area (Å²) < 4.78 is 18.1. The van der Waals surface area contributed by atoms with Crippen LogP contribution in [0.3, 0.4) is 0 Å². The molecule has 0 aliphatic heterocycles. The minimum absolute atomic E-state index is 0.817. The van der Waals surface area contributed by atoms with Gasteiger partial charge in [0.15, 0.2) is 0 Å². The fraction of sp³-hybridized carbons (Fsp3) is 0. The zero-order valence-electron chi connectivity index (χ0n) is 18.8. The van der Waals surface area contributed by atoms with Crippen LogP contribution in [-0.2, 0) is 0 Å². The van der Waals surface area contributed by atoms with Crippen LogP contribution in [0.2, 0.25) is 0 Å². The summed E-state index contributed by atoms with van der Waals surface area (Å²) in [6, 6.07) is 37.1. The molecule has 0 radical (unpaired) electrons. The van der Waals surface area contributed by atoms with Crippen LogP contribution < -0.4 is 0 Å². The second kappa shape index (κ2) is 7.93. The zero-order chi connectivity index (χ0) is 23.2. The van der Waals surface area contributed by atoms with Crippen molar-refractivity contribution in [3.05, 3.63) is 122 Å². The Labute approximate surface area is 201 Å². The molecule has 7 aromatic rings. The first-order valence-corrected chi connectivity index (χ1v) is 11.6. The average molecular weight is 453 g/mol. The van der Waals surface area contributed by atoms with Gasteiger partial charge in [0.2, 0.25) is 0 Å². The summed E-state index contributed by atoms with van der Waals surface area (Å²) in [5.41, 5.74) is 4.16. The quantitative estimate of drug-likeness (QED) is 0.267. The Kier molecular flexibility index (Phi) is 4.46. The molecule has 3 aromatic heterocycles. The van der Waals surface area contributed by atoms with Crippen LogP contribution in [0.1, 0.15) is 0 Å². The van der Waals surface area contributed by atoms with Gasteiger partial charge in [-0.3, -0.25) is 0 Å². The Morgan fingerprint density at radius 3 is 1.11 bits per heavy atom. The average Bonchev–Trinajstić information content (AvgIpc) is 3.70. The number of rotatable bonds is 4. The maximum atomic E-state index is 6.56. The van der Waals surface area contributed by atoms with E-state index >= 15 is 0 Å². The first-order valence-electron chi connectivity index (χ1n) is 11.6. The van der Waals surface area contributed by atoms with Crippen molar-refractivity contribution < 1.29 is 13.3 Å². The lowest BCUT2D eigenvalue weighted by Gasteiger charge is -2.10. The highest BCUT2D eigenvalue weighted by Gasteiger charge is 2.17. The molecule has 3 heteroatoms. The monoisotopic (exact) mass is 452 g/mol. The predicted molar refractivity (Wildman–Crippen MR) is 140 cm³/mol. The van der Waals surface area contributed by atoms with Crippen molar-refractivity contribution in [1.29, 1.82) is 0 Å². The van der Waals surface area contributed by atoms with Crippen LogP contribution in [0.25, 0.3) is 66.8 Å². The second-order valence-electron chi connectivity index (χ2n) is 8.54. The highest BCUT2D eigenvalue weighted by molar-refractivity contribution is 6.07. The van der Waals surface area contributed by atoms with Gasteiger partial charge in [-0.25, -0.2) is 0 Å². The minimum Gasteiger partial charge on any atom is -0.464 e. The molecule has 0 fully saturated rings. The Morgan fingerprint density at radius 1 is 0.343 bits per heavy atom. The second-order valence-corrected chi connectivity index (χ2v) is 8.54. The Bertz CT molecular complexity index is 1640. The molecule has 0 amide bonds. The topological polar surface area (TPSA) is 39.4 Å². The summed E-state index contributed by atoms with van der Waals surface area (Å²) in [6.45, 7) is 0. The Balaban J connectivity index is 1.43. The fourth-order valence-electron chi connectivity index (χ4n) is 4.99. The molecule has 7 rings (SSSR count). The molecule has 166 valence electrons. The summed E-state index contributed by atoms with van der Waals surface area (Å²) in [6.07, 6.45) is 3.41. The number of fused-ring (bicyclic) bond motifs is 2. The van der Waals surface area contributed by atoms with Crippen molar-refractivity contribution in [1.82, 2.24) is 0 Å². The number of hydrogen-bond donors (Lipinski definition) is 0. The maximum Gasteiger partial charge on any atom is 0.135 e. The highest BCUT2D eigenvalue weighted by Crippen LogP contribution is 2.41. The number of benzene rings is 4. The van der Waals surface area contributed by atoms with Crippen molar-refractivity contribution in [3.63, 3.8) is 0 Å². The largest absolute Gasteiger partial charge is 0.464 e. The molecule has 0 atom stereocenters. The highest BCUT2D eigenvalue weighted by atomic mass is 16.3. The van der Waals surface area contributed by atoms with Gasteiger partial charge < -0.3 is 13.3 Å². The Hall–Kier alpha value is -4.76. The van der Waals surface area contributed by atoms with Crippen LogP contribution in [0.4, 0.5) is 0 Å². The van der Waals surface area contributed by atoms with E-state index in [4.69, 9.17) is 13.3 Å². The SMILES string of the molecule is c1coc(-c2cccc3cccc(-c4ccc(-c5cccc6cccc(-c7ccco7)c56)o4)c23)c1. The molecule has 0 unspecified atom stereocenters. The molecule has 35 heavy (non-hydrogen) atoms. The van der Waals surface area contributed by atoms with E-state index in [1.54, 1.807) is 12.5 Å². The van der Waals surface area contributed by atoms with Crippen molar-refractivity contribution in [2.45, 2.75) is 0 Å². The van der Waals surface area contributed by atoms with Gasteiger partial charge in [-0.1, -0.05) is 72.8 Å². The van der Waals surface area contributed by atoms with Crippen molar-refractivity contribution >= 4 is 21.5 Å². The van der Waals surface area contributed by atoms with Gasteiger partial charge in [0, 0.05) is 33.0 Å². The molecule has 0 bridgehead atoms. The Morgan fingerprint density at radius 2 is 0.743 bits per heavy atom. The van der Waals surface area contributed by atoms with E-state index in [0.29, 0.717) is 0 Å². The van der Waals surface area contributed by atoms with Crippen molar-refractivity contribution in [2.75, 3.05) is 0 Å². The van der Waals surface area contributed by atoms with Gasteiger partial charge in [0.25, 0.3) is 0 Å². The van der Waals surface area contributed by atoms with E-state index in [1.807, 2.05) is 24.3 Å². The van der Waals surface area contributed by atoms with Crippen molar-refractivity contribution in [2.24, 2.45) is 0 Å². The minimum atomic E-state index is 0.817. The molecule has 0 spiro atoms. The van der Waals surface area contributed by atoms with Crippen LogP contribution >= 0.6 is 0 Å². The summed E-state index contributed by atoms with van der Waals surface area (Å²) >= 11 is 0. The fourth-order valence-corrected chi connectivity index (χ4v) is 4.99. The molecule has 4 aromatic carbocycles. The van der Waals surface area contributed by atoms with E-state index in [2.05, 4.69) is 84.9 Å². The van der Waals surface area contributed by atoms with E-state index in [-0.39, 0.29) is 0 Å². The number of furan rings is 3. The number of hydrogen-bond acceptors (Lipinski definition) is 3. The molecule has 3 nitrogen and oxygen atoms in total. The van der Waals surface area contributed by atoms with E-state index in [9.17, 15) is 0 Å².